The summed E-state index contributed by atoms with van der Waals surface area (Å²) < 4.78 is 6.01. The molecule has 0 saturated heterocycles. The van der Waals surface area contributed by atoms with Crippen molar-refractivity contribution in [2.75, 3.05) is 0 Å². The summed E-state index contributed by atoms with van der Waals surface area (Å²) in [6.07, 6.45) is 3.09. The summed E-state index contributed by atoms with van der Waals surface area (Å²) in [7, 11) is -4.37. The maximum atomic E-state index is 3.00. The van der Waals surface area contributed by atoms with Crippen LogP contribution in [0.1, 0.15) is 0 Å². The average molecular weight is 391 g/mol. The monoisotopic (exact) mass is 390 g/mol. The summed E-state index contributed by atoms with van der Waals surface area (Å²) in [5.74, 6) is 0. The summed E-state index contributed by atoms with van der Waals surface area (Å²) >= 11 is 0. The fourth-order valence-corrected chi connectivity index (χ4v) is 24.9. The molecular weight excluding hydrogens is 349 g/mol. The van der Waals surface area contributed by atoms with Crippen molar-refractivity contribution in [3.05, 3.63) is 11.8 Å². The number of hydrogen-bond donors (Lipinski definition) is 0. The molecule has 0 N–H and O–H groups in total. The second kappa shape index (κ2) is 7.32. The van der Waals surface area contributed by atoms with Crippen LogP contribution in [0, 0.1) is 0 Å². The first-order chi connectivity index (χ1) is 9.44. The first kappa shape index (κ1) is 22.7. The molecule has 0 saturated carbocycles. The molecule has 0 aliphatic rings. The second-order valence-electron chi connectivity index (χ2n) is 10.4. The van der Waals surface area contributed by atoms with Crippen molar-refractivity contribution in [3.8, 4) is 0 Å². The molecule has 0 spiro atoms. The zero-order valence-electron chi connectivity index (χ0n) is 17.6. The third-order valence-electron chi connectivity index (χ3n) is 3.78. The molecule has 0 heterocycles. The van der Waals surface area contributed by atoms with Gasteiger partial charge in [0.15, 0.2) is 0 Å². The zero-order valence-corrected chi connectivity index (χ0v) is 23.6. The van der Waals surface area contributed by atoms with Crippen LogP contribution in [-0.4, -0.2) is 57.8 Å². The lowest BCUT2D eigenvalue weighted by molar-refractivity contribution is 0.367. The third-order valence-corrected chi connectivity index (χ3v) is 19.1. The van der Waals surface area contributed by atoms with E-state index in [-0.39, 0.29) is 0 Å². The Labute approximate surface area is 148 Å². The van der Waals surface area contributed by atoms with Gasteiger partial charge >= 0.3 is 0 Å². The Kier molecular flexibility index (Phi) is 7.57. The average Bonchev–Trinajstić information content (AvgIpc) is 2.06. The fraction of sp³-hybridized carbons (Fsp3) is 0.867. The number of hydrogen-bond acceptors (Lipinski definition) is 2. The van der Waals surface area contributed by atoms with Gasteiger partial charge in [-0.3, -0.25) is 0 Å². The van der Waals surface area contributed by atoms with E-state index in [0.29, 0.717) is 6.17 Å². The van der Waals surface area contributed by atoms with Gasteiger partial charge in [-0.2, -0.15) is 0 Å². The van der Waals surface area contributed by atoms with Gasteiger partial charge in [-0.15, -0.1) is 5.70 Å². The van der Waals surface area contributed by atoms with Crippen LogP contribution in [0.2, 0.25) is 78.6 Å². The lowest BCUT2D eigenvalue weighted by Gasteiger charge is -2.57. The highest BCUT2D eigenvalue weighted by Gasteiger charge is 2.46. The molecule has 0 fully saturated rings. The molecular formula is C15H42N2Si5. The fourth-order valence-electron chi connectivity index (χ4n) is 4.06. The smallest absolute Gasteiger partial charge is 0.113 e. The normalized spacial score (nSPS) is 15.8. The minimum atomic E-state index is -1.38. The van der Waals surface area contributed by atoms with E-state index in [9.17, 15) is 0 Å². The summed E-state index contributed by atoms with van der Waals surface area (Å²) in [5.41, 5.74) is 2.42. The summed E-state index contributed by atoms with van der Waals surface area (Å²) in [6, 6.07) is 0. The van der Waals surface area contributed by atoms with Crippen molar-refractivity contribution in [1.29, 1.82) is 0 Å². The second-order valence-corrected chi connectivity index (χ2v) is 31.2. The maximum Gasteiger partial charge on any atom is 0.113 e. The molecule has 0 amide bonds. The molecule has 0 aliphatic carbocycles. The molecule has 0 rings (SSSR count). The molecule has 132 valence electrons. The highest BCUT2D eigenvalue weighted by molar-refractivity contribution is 6.92. The van der Waals surface area contributed by atoms with E-state index in [0.717, 1.165) is 10.2 Å². The van der Waals surface area contributed by atoms with Crippen molar-refractivity contribution in [2.24, 2.45) is 0 Å². The van der Waals surface area contributed by atoms with Crippen LogP contribution in [0.25, 0.3) is 0 Å². The molecule has 0 aromatic heterocycles. The molecule has 0 aromatic rings. The highest BCUT2D eigenvalue weighted by atomic mass is 28.4. The molecule has 0 aliphatic heterocycles. The Bertz CT molecular complexity index is 323. The minimum Gasteiger partial charge on any atom is -0.329 e. The van der Waals surface area contributed by atoms with E-state index >= 15 is 0 Å². The van der Waals surface area contributed by atoms with Gasteiger partial charge in [-0.05, 0) is 0 Å². The molecule has 22 heavy (non-hydrogen) atoms. The van der Waals surface area contributed by atoms with Gasteiger partial charge in [0.2, 0.25) is 0 Å². The summed E-state index contributed by atoms with van der Waals surface area (Å²) in [4.78, 5) is 0. The largest absolute Gasteiger partial charge is 0.329 e. The first-order valence-electron chi connectivity index (χ1n) is 8.65. The highest BCUT2D eigenvalue weighted by Crippen LogP contribution is 2.32. The van der Waals surface area contributed by atoms with Gasteiger partial charge in [0.05, 0.1) is 6.17 Å². The topological polar surface area (TPSA) is 6.48 Å². The zero-order chi connectivity index (χ0) is 18.1. The molecule has 2 nitrogen and oxygen atoms in total. The van der Waals surface area contributed by atoms with Crippen LogP contribution in [0.4, 0.5) is 0 Å². The number of nitrogens with zero attached hydrogens (tertiary/aromatic N) is 2. The van der Waals surface area contributed by atoms with Crippen molar-refractivity contribution < 1.29 is 0 Å². The predicted molar refractivity (Wildman–Crippen MR) is 120 cm³/mol. The number of rotatable bonds is 7. The Morgan fingerprint density at radius 3 is 0.955 bits per heavy atom. The first-order valence-corrected chi connectivity index (χ1v) is 23.6. The van der Waals surface area contributed by atoms with Crippen molar-refractivity contribution >= 4 is 43.2 Å². The molecule has 0 unspecified atom stereocenters. The van der Waals surface area contributed by atoms with E-state index in [2.05, 4.69) is 98.8 Å². The molecule has 0 aromatic carbocycles. The van der Waals surface area contributed by atoms with Crippen LogP contribution < -0.4 is 0 Å². The van der Waals surface area contributed by atoms with E-state index in [1.807, 2.05) is 0 Å². The Hall–Kier alpha value is 0.744. The van der Waals surface area contributed by atoms with Gasteiger partial charge in [0.1, 0.15) is 32.9 Å². The van der Waals surface area contributed by atoms with Gasteiger partial charge in [0.25, 0.3) is 0 Å². The quantitative estimate of drug-likeness (QED) is 0.476. The van der Waals surface area contributed by atoms with E-state index in [1.54, 1.807) is 0 Å². The van der Waals surface area contributed by atoms with E-state index < -0.39 is 32.9 Å². The van der Waals surface area contributed by atoms with Gasteiger partial charge in [-0.1, -0.05) is 84.6 Å². The van der Waals surface area contributed by atoms with Gasteiger partial charge < -0.3 is 8.46 Å². The van der Waals surface area contributed by atoms with Crippen LogP contribution in [0.3, 0.4) is 0 Å². The summed E-state index contributed by atoms with van der Waals surface area (Å²) in [6.45, 7) is 30.4. The van der Waals surface area contributed by atoms with Crippen LogP contribution >= 0.6 is 0 Å². The Morgan fingerprint density at radius 2 is 0.818 bits per heavy atom. The van der Waals surface area contributed by atoms with Gasteiger partial charge in [0, 0.05) is 10.2 Å². The molecule has 7 heteroatoms. The van der Waals surface area contributed by atoms with Crippen LogP contribution in [0.15, 0.2) is 11.8 Å². The lowest BCUT2D eigenvalue weighted by atomic mass is 10.5. The lowest BCUT2D eigenvalue weighted by Crippen LogP contribution is -2.74. The van der Waals surface area contributed by atoms with Crippen molar-refractivity contribution in [2.45, 2.75) is 84.7 Å². The maximum absolute atomic E-state index is 3.00. The summed E-state index contributed by atoms with van der Waals surface area (Å²) in [5, 5.41) is 0. The van der Waals surface area contributed by atoms with Crippen LogP contribution in [-0.2, 0) is 0 Å². The van der Waals surface area contributed by atoms with Crippen LogP contribution in [0.5, 0.6) is 0 Å². The predicted octanol–water partition coefficient (Wildman–Crippen LogP) is 4.14. The Balaban J connectivity index is 6.27. The molecule has 0 radical (unpaired) electrons. The molecule has 0 bridgehead atoms. The van der Waals surface area contributed by atoms with Crippen molar-refractivity contribution in [1.82, 2.24) is 8.46 Å². The van der Waals surface area contributed by atoms with E-state index in [1.165, 1.54) is 0 Å². The van der Waals surface area contributed by atoms with Gasteiger partial charge in [-0.25, -0.2) is 0 Å². The molecule has 0 atom stereocenters. The Morgan fingerprint density at radius 1 is 0.591 bits per heavy atom. The SMILES string of the molecule is C[Si](C)(C)N(C(C=C[SiH3])N([Si](C)(C)C)[Si](C)(C)C)[Si](C)(C)C. The van der Waals surface area contributed by atoms with Crippen molar-refractivity contribution in [3.63, 3.8) is 0 Å². The van der Waals surface area contributed by atoms with E-state index in [4.69, 9.17) is 0 Å². The minimum absolute atomic E-state index is 0.536. The third kappa shape index (κ3) is 6.33. The standard InChI is InChI=1S/C15H42N2Si5/c1-19(2,3)16(20(4,5)6)15(13-14-18)17(21(7,8)9)22(10,11)12/h13-15H,1-12,18H3.